The minimum atomic E-state index is -0.914. The van der Waals surface area contributed by atoms with Gasteiger partial charge in [-0.3, -0.25) is 9.59 Å². The molecule has 0 bridgehead atoms. The van der Waals surface area contributed by atoms with Crippen LogP contribution in [0.5, 0.6) is 0 Å². The zero-order chi connectivity index (χ0) is 14.8. The number of aliphatic carboxylic acids is 1. The first kappa shape index (κ1) is 14.5. The van der Waals surface area contributed by atoms with E-state index in [1.54, 1.807) is 19.1 Å². The first-order chi connectivity index (χ1) is 9.42. The number of hydrogen-bond donors (Lipinski definition) is 2. The van der Waals surface area contributed by atoms with Gasteiger partial charge in [0.2, 0.25) is 5.91 Å². The molecule has 5 heteroatoms. The molecular weight excluding hydrogens is 261 g/mol. The molecular formula is C15H18FNO3. The van der Waals surface area contributed by atoms with Crippen LogP contribution in [0.3, 0.4) is 0 Å². The minimum Gasteiger partial charge on any atom is -0.481 e. The second-order valence-corrected chi connectivity index (χ2v) is 5.47. The number of carbonyl (C=O) groups is 2. The quantitative estimate of drug-likeness (QED) is 0.870. The van der Waals surface area contributed by atoms with Crippen LogP contribution >= 0.6 is 0 Å². The summed E-state index contributed by atoms with van der Waals surface area (Å²) in [6.45, 7) is 1.69. The van der Waals surface area contributed by atoms with E-state index in [1.165, 1.54) is 12.1 Å². The summed E-state index contributed by atoms with van der Waals surface area (Å²) < 4.78 is 13.2. The van der Waals surface area contributed by atoms with Crippen molar-refractivity contribution in [3.63, 3.8) is 0 Å². The topological polar surface area (TPSA) is 66.4 Å². The molecule has 0 spiro atoms. The zero-order valence-corrected chi connectivity index (χ0v) is 11.4. The van der Waals surface area contributed by atoms with E-state index < -0.39 is 17.4 Å². The van der Waals surface area contributed by atoms with Gasteiger partial charge in [-0.1, -0.05) is 12.1 Å². The highest BCUT2D eigenvalue weighted by molar-refractivity contribution is 5.84. The average Bonchev–Trinajstić information content (AvgIpc) is 2.34. The number of carboxylic acids is 1. The van der Waals surface area contributed by atoms with E-state index in [9.17, 15) is 14.0 Å². The molecule has 1 atom stereocenters. The first-order valence-corrected chi connectivity index (χ1v) is 6.71. The predicted octanol–water partition coefficient (Wildman–Crippen LogP) is 2.44. The van der Waals surface area contributed by atoms with E-state index in [2.05, 4.69) is 5.32 Å². The van der Waals surface area contributed by atoms with Crippen molar-refractivity contribution in [3.05, 3.63) is 35.6 Å². The zero-order valence-electron chi connectivity index (χ0n) is 11.4. The summed E-state index contributed by atoms with van der Waals surface area (Å²) in [5.74, 6) is -2.05. The van der Waals surface area contributed by atoms with Crippen LogP contribution in [0.15, 0.2) is 24.3 Å². The summed E-state index contributed by atoms with van der Waals surface area (Å²) in [4.78, 5) is 23.1. The summed E-state index contributed by atoms with van der Waals surface area (Å²) in [5.41, 5.74) is -0.0304. The molecule has 20 heavy (non-hydrogen) atoms. The van der Waals surface area contributed by atoms with Crippen LogP contribution < -0.4 is 5.32 Å². The molecule has 0 radical (unpaired) electrons. The predicted molar refractivity (Wildman–Crippen MR) is 71.8 cm³/mol. The summed E-state index contributed by atoms with van der Waals surface area (Å²) in [6.07, 6.45) is 2.22. The SMILES string of the molecule is CC(C(=O)NC1(CC(=O)O)CCC1)c1cccc(F)c1. The molecule has 0 aliphatic heterocycles. The van der Waals surface area contributed by atoms with Crippen LogP contribution in [0.4, 0.5) is 4.39 Å². The van der Waals surface area contributed by atoms with Gasteiger partial charge in [0, 0.05) is 0 Å². The molecule has 2 rings (SSSR count). The number of nitrogens with one attached hydrogen (secondary N) is 1. The van der Waals surface area contributed by atoms with Gasteiger partial charge < -0.3 is 10.4 Å². The van der Waals surface area contributed by atoms with E-state index in [0.717, 1.165) is 6.42 Å². The van der Waals surface area contributed by atoms with Crippen molar-refractivity contribution < 1.29 is 19.1 Å². The fourth-order valence-corrected chi connectivity index (χ4v) is 2.54. The molecule has 1 unspecified atom stereocenters. The molecule has 0 aromatic heterocycles. The Labute approximate surface area is 117 Å². The Hall–Kier alpha value is -1.91. The third-order valence-electron chi connectivity index (χ3n) is 3.93. The first-order valence-electron chi connectivity index (χ1n) is 6.71. The molecule has 1 fully saturated rings. The van der Waals surface area contributed by atoms with Crippen molar-refractivity contribution >= 4 is 11.9 Å². The summed E-state index contributed by atoms with van der Waals surface area (Å²) >= 11 is 0. The van der Waals surface area contributed by atoms with Crippen molar-refractivity contribution in [2.75, 3.05) is 0 Å². The Bertz CT molecular complexity index is 526. The third kappa shape index (κ3) is 3.15. The van der Waals surface area contributed by atoms with Crippen LogP contribution in [0.25, 0.3) is 0 Å². The molecule has 1 saturated carbocycles. The van der Waals surface area contributed by atoms with Crippen LogP contribution in [0.2, 0.25) is 0 Å². The lowest BCUT2D eigenvalue weighted by Crippen LogP contribution is -2.55. The van der Waals surface area contributed by atoms with Crippen LogP contribution in [0, 0.1) is 5.82 Å². The van der Waals surface area contributed by atoms with E-state index in [0.29, 0.717) is 18.4 Å². The van der Waals surface area contributed by atoms with Gasteiger partial charge in [-0.15, -0.1) is 0 Å². The second-order valence-electron chi connectivity index (χ2n) is 5.47. The Morgan fingerprint density at radius 3 is 2.65 bits per heavy atom. The Morgan fingerprint density at radius 1 is 1.45 bits per heavy atom. The standard InChI is InChI=1S/C15H18FNO3/c1-10(11-4-2-5-12(16)8-11)14(20)17-15(6-3-7-15)9-13(18)19/h2,4-5,8,10H,3,6-7,9H2,1H3,(H,17,20)(H,18,19). The number of benzene rings is 1. The molecule has 1 aromatic rings. The second kappa shape index (κ2) is 5.61. The van der Waals surface area contributed by atoms with E-state index >= 15 is 0 Å². The van der Waals surface area contributed by atoms with Gasteiger partial charge in [-0.05, 0) is 43.9 Å². The average molecular weight is 279 g/mol. The molecule has 1 aromatic carbocycles. The smallest absolute Gasteiger partial charge is 0.305 e. The molecule has 4 nitrogen and oxygen atoms in total. The molecule has 1 aliphatic rings. The van der Waals surface area contributed by atoms with Crippen molar-refractivity contribution in [3.8, 4) is 0 Å². The number of carbonyl (C=O) groups excluding carboxylic acids is 1. The summed E-state index contributed by atoms with van der Waals surface area (Å²) in [6, 6.07) is 5.91. The van der Waals surface area contributed by atoms with Crippen LogP contribution in [0.1, 0.15) is 44.1 Å². The maximum absolute atomic E-state index is 13.2. The van der Waals surface area contributed by atoms with E-state index in [4.69, 9.17) is 5.11 Å². The van der Waals surface area contributed by atoms with Crippen LogP contribution in [-0.4, -0.2) is 22.5 Å². The molecule has 1 aliphatic carbocycles. The molecule has 0 heterocycles. The Balaban J connectivity index is 2.05. The highest BCUT2D eigenvalue weighted by Gasteiger charge is 2.41. The summed E-state index contributed by atoms with van der Waals surface area (Å²) in [5, 5.41) is 11.8. The Morgan fingerprint density at radius 2 is 2.15 bits per heavy atom. The maximum Gasteiger partial charge on any atom is 0.305 e. The molecule has 0 saturated heterocycles. The highest BCUT2D eigenvalue weighted by Crippen LogP contribution is 2.35. The number of halogens is 1. The van der Waals surface area contributed by atoms with Crippen molar-refractivity contribution in [2.45, 2.75) is 44.1 Å². The fourth-order valence-electron chi connectivity index (χ4n) is 2.54. The van der Waals surface area contributed by atoms with Gasteiger partial charge in [0.05, 0.1) is 17.9 Å². The van der Waals surface area contributed by atoms with Gasteiger partial charge in [0.1, 0.15) is 5.82 Å². The van der Waals surface area contributed by atoms with Crippen molar-refractivity contribution in [2.24, 2.45) is 0 Å². The van der Waals surface area contributed by atoms with Gasteiger partial charge in [-0.2, -0.15) is 0 Å². The number of carboxylic acid groups (broad SMARTS) is 1. The number of rotatable bonds is 5. The highest BCUT2D eigenvalue weighted by atomic mass is 19.1. The number of hydrogen-bond acceptors (Lipinski definition) is 2. The van der Waals surface area contributed by atoms with Crippen molar-refractivity contribution in [1.82, 2.24) is 5.32 Å². The van der Waals surface area contributed by atoms with Crippen LogP contribution in [-0.2, 0) is 9.59 Å². The number of amides is 1. The maximum atomic E-state index is 13.2. The minimum absolute atomic E-state index is 0.0609. The van der Waals surface area contributed by atoms with Crippen molar-refractivity contribution in [1.29, 1.82) is 0 Å². The largest absolute Gasteiger partial charge is 0.481 e. The fraction of sp³-hybridized carbons (Fsp3) is 0.467. The van der Waals surface area contributed by atoms with E-state index in [-0.39, 0.29) is 18.1 Å². The van der Waals surface area contributed by atoms with E-state index in [1.807, 2.05) is 0 Å². The Kier molecular flexibility index (Phi) is 4.06. The molecule has 108 valence electrons. The summed E-state index contributed by atoms with van der Waals surface area (Å²) in [7, 11) is 0. The lowest BCUT2D eigenvalue weighted by atomic mass is 9.74. The van der Waals surface area contributed by atoms with Gasteiger partial charge in [-0.25, -0.2) is 4.39 Å². The van der Waals surface area contributed by atoms with Gasteiger partial charge >= 0.3 is 5.97 Å². The normalized spacial score (nSPS) is 17.9. The molecule has 2 N–H and O–H groups in total. The third-order valence-corrected chi connectivity index (χ3v) is 3.93. The molecule has 1 amide bonds. The monoisotopic (exact) mass is 279 g/mol. The lowest BCUT2D eigenvalue weighted by molar-refractivity contribution is -0.140. The van der Waals surface area contributed by atoms with Gasteiger partial charge in [0.15, 0.2) is 0 Å². The lowest BCUT2D eigenvalue weighted by Gasteiger charge is -2.42. The van der Waals surface area contributed by atoms with Gasteiger partial charge in [0.25, 0.3) is 0 Å².